The lowest BCUT2D eigenvalue weighted by molar-refractivity contribution is 0.579. The zero-order valence-corrected chi connectivity index (χ0v) is 9.52. The summed E-state index contributed by atoms with van der Waals surface area (Å²) >= 11 is 0. The van der Waals surface area contributed by atoms with Crippen LogP contribution in [0.15, 0.2) is 18.2 Å². The fourth-order valence-electron chi connectivity index (χ4n) is 1.29. The molecule has 0 aromatic heterocycles. The fourth-order valence-corrected chi connectivity index (χ4v) is 1.29. The van der Waals surface area contributed by atoms with Crippen molar-refractivity contribution in [1.29, 1.82) is 0 Å². The van der Waals surface area contributed by atoms with Gasteiger partial charge in [0.2, 0.25) is 0 Å². The van der Waals surface area contributed by atoms with E-state index in [0.717, 1.165) is 0 Å². The van der Waals surface area contributed by atoms with Gasteiger partial charge in [-0.25, -0.2) is 0 Å². The molecular weight excluding hydrogens is 172 g/mol. The zero-order valence-electron chi connectivity index (χ0n) is 9.52. The smallest absolute Gasteiger partial charge is 0.0439 e. The Kier molecular flexibility index (Phi) is 3.17. The van der Waals surface area contributed by atoms with Crippen LogP contribution in [0.1, 0.15) is 25.0 Å². The van der Waals surface area contributed by atoms with Gasteiger partial charge in [-0.1, -0.05) is 12.1 Å². The molecule has 2 nitrogen and oxygen atoms in total. The molecule has 0 bridgehead atoms. The van der Waals surface area contributed by atoms with Crippen molar-refractivity contribution in [1.82, 2.24) is 0 Å². The first-order valence-corrected chi connectivity index (χ1v) is 5.00. The molecule has 0 radical (unpaired) electrons. The summed E-state index contributed by atoms with van der Waals surface area (Å²) in [7, 11) is 0. The Morgan fingerprint density at radius 2 is 1.93 bits per heavy atom. The van der Waals surface area contributed by atoms with Gasteiger partial charge in [-0.15, -0.1) is 0 Å². The van der Waals surface area contributed by atoms with E-state index in [1.807, 2.05) is 0 Å². The van der Waals surface area contributed by atoms with Crippen LogP contribution in [-0.2, 0) is 0 Å². The Morgan fingerprint density at radius 1 is 1.29 bits per heavy atom. The second kappa shape index (κ2) is 4.01. The van der Waals surface area contributed by atoms with Gasteiger partial charge in [0, 0.05) is 17.8 Å². The van der Waals surface area contributed by atoms with Crippen LogP contribution in [0, 0.1) is 13.8 Å². The first kappa shape index (κ1) is 11.1. The first-order chi connectivity index (χ1) is 6.44. The molecule has 78 valence electrons. The van der Waals surface area contributed by atoms with Crippen molar-refractivity contribution in [3.05, 3.63) is 29.3 Å². The topological polar surface area (TPSA) is 38.0 Å². The second-order valence-corrected chi connectivity index (χ2v) is 4.53. The van der Waals surface area contributed by atoms with Crippen LogP contribution in [0.4, 0.5) is 5.69 Å². The Morgan fingerprint density at radius 3 is 2.50 bits per heavy atom. The molecule has 0 aliphatic carbocycles. The molecule has 1 aromatic carbocycles. The van der Waals surface area contributed by atoms with E-state index in [-0.39, 0.29) is 5.54 Å². The summed E-state index contributed by atoms with van der Waals surface area (Å²) in [4.78, 5) is 0. The quantitative estimate of drug-likeness (QED) is 0.772. The second-order valence-electron chi connectivity index (χ2n) is 4.53. The molecule has 2 heteroatoms. The van der Waals surface area contributed by atoms with Crippen LogP contribution in [0.25, 0.3) is 0 Å². The number of aryl methyl sites for hydroxylation is 2. The maximum atomic E-state index is 5.68. The monoisotopic (exact) mass is 192 g/mol. The van der Waals surface area contributed by atoms with Gasteiger partial charge < -0.3 is 11.1 Å². The molecule has 0 atom stereocenters. The van der Waals surface area contributed by atoms with Crippen LogP contribution in [0.5, 0.6) is 0 Å². The average molecular weight is 192 g/mol. The van der Waals surface area contributed by atoms with E-state index in [2.05, 4.69) is 51.2 Å². The number of nitrogens with one attached hydrogen (secondary N) is 1. The van der Waals surface area contributed by atoms with Crippen molar-refractivity contribution < 1.29 is 0 Å². The SMILES string of the molecule is Cc1ccc(C)c(NC(C)(C)CN)c1. The lowest BCUT2D eigenvalue weighted by atomic mass is 10.0. The lowest BCUT2D eigenvalue weighted by Gasteiger charge is -2.27. The summed E-state index contributed by atoms with van der Waals surface area (Å²) in [5, 5.41) is 3.45. The van der Waals surface area contributed by atoms with Gasteiger partial charge in [0.25, 0.3) is 0 Å². The van der Waals surface area contributed by atoms with Crippen LogP contribution < -0.4 is 11.1 Å². The largest absolute Gasteiger partial charge is 0.379 e. The van der Waals surface area contributed by atoms with Crippen LogP contribution in [-0.4, -0.2) is 12.1 Å². The van der Waals surface area contributed by atoms with Crippen molar-refractivity contribution in [3.63, 3.8) is 0 Å². The third-order valence-corrected chi connectivity index (χ3v) is 2.38. The highest BCUT2D eigenvalue weighted by molar-refractivity contribution is 5.54. The predicted molar refractivity (Wildman–Crippen MR) is 62.7 cm³/mol. The summed E-state index contributed by atoms with van der Waals surface area (Å²) in [6, 6.07) is 6.41. The van der Waals surface area contributed by atoms with Gasteiger partial charge in [-0.3, -0.25) is 0 Å². The minimum atomic E-state index is -0.0431. The van der Waals surface area contributed by atoms with Gasteiger partial charge >= 0.3 is 0 Å². The molecule has 1 aromatic rings. The van der Waals surface area contributed by atoms with Crippen molar-refractivity contribution in [2.45, 2.75) is 33.2 Å². The van der Waals surface area contributed by atoms with Gasteiger partial charge in [-0.05, 0) is 44.9 Å². The van der Waals surface area contributed by atoms with Gasteiger partial charge in [0.05, 0.1) is 0 Å². The van der Waals surface area contributed by atoms with E-state index in [9.17, 15) is 0 Å². The molecule has 0 spiro atoms. The lowest BCUT2D eigenvalue weighted by Crippen LogP contribution is -2.39. The van der Waals surface area contributed by atoms with E-state index in [1.54, 1.807) is 0 Å². The Hall–Kier alpha value is -1.02. The summed E-state index contributed by atoms with van der Waals surface area (Å²) < 4.78 is 0. The molecule has 3 N–H and O–H groups in total. The molecule has 0 saturated carbocycles. The van der Waals surface area contributed by atoms with Crippen molar-refractivity contribution in [2.24, 2.45) is 5.73 Å². The van der Waals surface area contributed by atoms with E-state index in [4.69, 9.17) is 5.73 Å². The molecule has 0 aliphatic heterocycles. The third-order valence-electron chi connectivity index (χ3n) is 2.38. The number of benzene rings is 1. The van der Waals surface area contributed by atoms with E-state index < -0.39 is 0 Å². The predicted octanol–water partition coefficient (Wildman–Crippen LogP) is 2.45. The van der Waals surface area contributed by atoms with Gasteiger partial charge in [-0.2, -0.15) is 0 Å². The average Bonchev–Trinajstić information content (AvgIpc) is 2.11. The van der Waals surface area contributed by atoms with Crippen molar-refractivity contribution >= 4 is 5.69 Å². The fraction of sp³-hybridized carbons (Fsp3) is 0.500. The molecule has 1 rings (SSSR count). The number of nitrogens with two attached hydrogens (primary N) is 1. The Balaban J connectivity index is 2.91. The number of anilines is 1. The minimum absolute atomic E-state index is 0.0431. The van der Waals surface area contributed by atoms with E-state index in [0.29, 0.717) is 6.54 Å². The summed E-state index contributed by atoms with van der Waals surface area (Å²) in [6.07, 6.45) is 0. The standard InChI is InChI=1S/C12H20N2/c1-9-5-6-10(2)11(7-9)14-12(3,4)8-13/h5-7,14H,8,13H2,1-4H3. The van der Waals surface area contributed by atoms with Crippen molar-refractivity contribution in [3.8, 4) is 0 Å². The van der Waals surface area contributed by atoms with E-state index >= 15 is 0 Å². The highest BCUT2D eigenvalue weighted by atomic mass is 15.0. The maximum Gasteiger partial charge on any atom is 0.0439 e. The van der Waals surface area contributed by atoms with Gasteiger partial charge in [0.15, 0.2) is 0 Å². The summed E-state index contributed by atoms with van der Waals surface area (Å²) in [5.41, 5.74) is 9.35. The zero-order chi connectivity index (χ0) is 10.8. The molecule has 0 saturated heterocycles. The van der Waals surface area contributed by atoms with Gasteiger partial charge in [0.1, 0.15) is 0 Å². The highest BCUT2D eigenvalue weighted by Crippen LogP contribution is 2.20. The Bertz CT molecular complexity index is 316. The molecule has 0 fully saturated rings. The van der Waals surface area contributed by atoms with Crippen LogP contribution in [0.2, 0.25) is 0 Å². The maximum absolute atomic E-state index is 5.68. The Labute approximate surface area is 86.5 Å². The highest BCUT2D eigenvalue weighted by Gasteiger charge is 2.15. The number of rotatable bonds is 3. The number of hydrogen-bond acceptors (Lipinski definition) is 2. The summed E-state index contributed by atoms with van der Waals surface area (Å²) in [5.74, 6) is 0. The van der Waals surface area contributed by atoms with Crippen molar-refractivity contribution in [2.75, 3.05) is 11.9 Å². The van der Waals surface area contributed by atoms with Crippen LogP contribution >= 0.6 is 0 Å². The minimum Gasteiger partial charge on any atom is -0.379 e. The third kappa shape index (κ3) is 2.74. The molecule has 0 unspecified atom stereocenters. The normalized spacial score (nSPS) is 11.5. The molecule has 0 aliphatic rings. The molecule has 0 heterocycles. The first-order valence-electron chi connectivity index (χ1n) is 5.00. The summed E-state index contributed by atoms with van der Waals surface area (Å²) in [6.45, 7) is 9.04. The van der Waals surface area contributed by atoms with E-state index in [1.165, 1.54) is 16.8 Å². The van der Waals surface area contributed by atoms with Crippen LogP contribution in [0.3, 0.4) is 0 Å². The number of hydrogen-bond donors (Lipinski definition) is 2. The molecule has 14 heavy (non-hydrogen) atoms. The molecular formula is C12H20N2. The molecule has 0 amide bonds.